The quantitative estimate of drug-likeness (QED) is 0.722. The molecule has 0 atom stereocenters. The average molecular weight is 344 g/mol. The smallest absolute Gasteiger partial charge is 0.289 e. The third-order valence-corrected chi connectivity index (χ3v) is 5.79. The number of aromatic hydroxyl groups is 1. The molecule has 2 aromatic rings. The highest BCUT2D eigenvalue weighted by atomic mass is 32.1. The van der Waals surface area contributed by atoms with E-state index < -0.39 is 0 Å². The van der Waals surface area contributed by atoms with E-state index in [1.807, 2.05) is 6.08 Å². The van der Waals surface area contributed by atoms with Crippen molar-refractivity contribution in [3.05, 3.63) is 49.5 Å². The van der Waals surface area contributed by atoms with Gasteiger partial charge in [0.2, 0.25) is 4.80 Å². The van der Waals surface area contributed by atoms with Crippen LogP contribution in [0.5, 0.6) is 5.75 Å². The number of thiazole rings is 1. The lowest BCUT2D eigenvalue weighted by molar-refractivity contribution is 0.195. The molecule has 0 saturated heterocycles. The number of rotatable bonds is 1. The number of hydrogen-bond acceptors (Lipinski definition) is 6. The van der Waals surface area contributed by atoms with E-state index in [-0.39, 0.29) is 17.0 Å². The highest BCUT2D eigenvalue weighted by Gasteiger charge is 2.36. The number of nitrogens with one attached hydrogen (secondary N) is 2. The van der Waals surface area contributed by atoms with Gasteiger partial charge in [-0.1, -0.05) is 30.4 Å². The summed E-state index contributed by atoms with van der Waals surface area (Å²) in [7, 11) is 0. The molecule has 1 aliphatic carbocycles. The molecular formula is C17H20N4O2S. The first-order chi connectivity index (χ1) is 11.5. The molecule has 1 fully saturated rings. The second-order valence-electron chi connectivity index (χ2n) is 6.73. The molecule has 7 heteroatoms. The van der Waals surface area contributed by atoms with Crippen LogP contribution >= 0.6 is 11.3 Å². The van der Waals surface area contributed by atoms with Crippen LogP contribution in [-0.2, 0) is 0 Å². The predicted molar refractivity (Wildman–Crippen MR) is 93.9 cm³/mol. The van der Waals surface area contributed by atoms with Crippen molar-refractivity contribution in [2.45, 2.75) is 38.3 Å². The zero-order valence-corrected chi connectivity index (χ0v) is 14.3. The minimum absolute atomic E-state index is 0.0775. The van der Waals surface area contributed by atoms with Crippen molar-refractivity contribution < 1.29 is 5.11 Å². The van der Waals surface area contributed by atoms with Crippen LogP contribution in [0.3, 0.4) is 0 Å². The first kappa shape index (κ1) is 15.3. The molecule has 1 aromatic carbocycles. The average Bonchev–Trinajstić information content (AvgIpc) is 2.89. The van der Waals surface area contributed by atoms with Gasteiger partial charge >= 0.3 is 0 Å². The number of phenolic OH excluding ortho intramolecular Hbond substituents is 1. The number of hydrogen-bond donors (Lipinski definition) is 3. The van der Waals surface area contributed by atoms with Crippen molar-refractivity contribution in [2.75, 3.05) is 5.43 Å². The largest absolute Gasteiger partial charge is 0.508 e. The van der Waals surface area contributed by atoms with E-state index in [0.717, 1.165) is 37.2 Å². The molecule has 2 heterocycles. The van der Waals surface area contributed by atoms with Crippen molar-refractivity contribution in [1.82, 2.24) is 10.1 Å². The van der Waals surface area contributed by atoms with Crippen molar-refractivity contribution in [3.8, 4) is 5.75 Å². The van der Waals surface area contributed by atoms with Crippen LogP contribution < -0.4 is 25.7 Å². The molecule has 0 bridgehead atoms. The fourth-order valence-electron chi connectivity index (χ4n) is 3.24. The summed E-state index contributed by atoms with van der Waals surface area (Å²) >= 11 is 1.35. The second-order valence-corrected chi connectivity index (χ2v) is 7.73. The Bertz CT molecular complexity index is 921. The first-order valence-electron chi connectivity index (χ1n) is 8.20. The maximum atomic E-state index is 12.7. The summed E-state index contributed by atoms with van der Waals surface area (Å²) < 4.78 is 2.19. The summed E-state index contributed by atoms with van der Waals surface area (Å²) in [4.78, 5) is 13.4. The van der Waals surface area contributed by atoms with Crippen LogP contribution in [0.15, 0.2) is 34.2 Å². The zero-order chi connectivity index (χ0) is 16.7. The van der Waals surface area contributed by atoms with Crippen molar-refractivity contribution in [1.29, 1.82) is 0 Å². The monoisotopic (exact) mass is 344 g/mol. The highest BCUT2D eigenvalue weighted by Crippen LogP contribution is 2.31. The standard InChI is InChI=1S/C17H20N4O2S/c1-11-6-8-17(9-7-11)19-18-16-21(20-17)15(23)14(24-16)10-12-2-4-13(22)5-3-12/h2-5,10-11,19-20,22H,6-9H2,1H3/b14-10-. The number of nitrogens with zero attached hydrogens (tertiary/aromatic N) is 2. The zero-order valence-electron chi connectivity index (χ0n) is 13.5. The number of phenols is 1. The number of fused-ring (bicyclic) bond motifs is 1. The third-order valence-electron chi connectivity index (χ3n) is 4.82. The van der Waals surface area contributed by atoms with Crippen molar-refractivity contribution in [2.24, 2.45) is 11.0 Å². The Kier molecular flexibility index (Phi) is 3.60. The van der Waals surface area contributed by atoms with E-state index in [2.05, 4.69) is 22.9 Å². The lowest BCUT2D eigenvalue weighted by Crippen LogP contribution is -2.62. The molecule has 4 rings (SSSR count). The summed E-state index contributed by atoms with van der Waals surface area (Å²) in [6.07, 6.45) is 5.98. The predicted octanol–water partition coefficient (Wildman–Crippen LogP) is 1.03. The van der Waals surface area contributed by atoms with Crippen molar-refractivity contribution in [3.63, 3.8) is 0 Å². The Hall–Kier alpha value is -2.28. The molecule has 24 heavy (non-hydrogen) atoms. The van der Waals surface area contributed by atoms with Gasteiger partial charge in [-0.3, -0.25) is 15.6 Å². The highest BCUT2D eigenvalue weighted by molar-refractivity contribution is 7.07. The summed E-state index contributed by atoms with van der Waals surface area (Å²) in [5.41, 5.74) is 7.10. The summed E-state index contributed by atoms with van der Waals surface area (Å²) in [5.74, 6) is 0.932. The summed E-state index contributed by atoms with van der Waals surface area (Å²) in [5, 5.41) is 13.8. The topological polar surface area (TPSA) is 78.7 Å². The summed E-state index contributed by atoms with van der Waals surface area (Å²) in [6, 6.07) is 6.79. The summed E-state index contributed by atoms with van der Waals surface area (Å²) in [6.45, 7) is 2.26. The van der Waals surface area contributed by atoms with Crippen molar-refractivity contribution >= 4 is 17.4 Å². The van der Waals surface area contributed by atoms with E-state index in [4.69, 9.17) is 0 Å². The molecule has 1 aromatic heterocycles. The Morgan fingerprint density at radius 1 is 1.33 bits per heavy atom. The fraction of sp³-hybridized carbons (Fsp3) is 0.412. The molecule has 6 nitrogen and oxygen atoms in total. The maximum Gasteiger partial charge on any atom is 0.289 e. The molecule has 1 aliphatic heterocycles. The second kappa shape index (κ2) is 5.66. The van der Waals surface area contributed by atoms with Crippen LogP contribution in [0.2, 0.25) is 0 Å². The molecule has 1 spiro atoms. The van der Waals surface area contributed by atoms with E-state index >= 15 is 0 Å². The molecule has 126 valence electrons. The first-order valence-corrected chi connectivity index (χ1v) is 9.02. The molecule has 2 aliphatic rings. The van der Waals surface area contributed by atoms with Gasteiger partial charge in [0.05, 0.1) is 4.53 Å². The van der Waals surface area contributed by atoms with Gasteiger partial charge in [-0.25, -0.2) is 0 Å². The fourth-order valence-corrected chi connectivity index (χ4v) is 4.12. The molecule has 0 amide bonds. The third kappa shape index (κ3) is 2.69. The normalized spacial score (nSPS) is 26.4. The Morgan fingerprint density at radius 2 is 2.04 bits per heavy atom. The SMILES string of the molecule is CC1CCC2(CC1)NN=c1s/c(=C\c3ccc(O)cc3)c(=O)n1N2. The minimum atomic E-state index is -0.305. The van der Waals surface area contributed by atoms with Crippen LogP contribution in [-0.4, -0.2) is 15.4 Å². The van der Waals surface area contributed by atoms with E-state index in [1.54, 1.807) is 28.9 Å². The maximum absolute atomic E-state index is 12.7. The van der Waals surface area contributed by atoms with Gasteiger partial charge in [-0.15, -0.1) is 5.10 Å². The Morgan fingerprint density at radius 3 is 2.75 bits per heavy atom. The number of aromatic nitrogens is 1. The number of benzene rings is 1. The van der Waals surface area contributed by atoms with Gasteiger partial charge in [0.15, 0.2) is 0 Å². The molecular weight excluding hydrogens is 324 g/mol. The van der Waals surface area contributed by atoms with Gasteiger partial charge in [-0.05, 0) is 55.4 Å². The Balaban J connectivity index is 1.70. The van der Waals surface area contributed by atoms with Gasteiger partial charge in [-0.2, -0.15) is 4.68 Å². The van der Waals surface area contributed by atoms with E-state index in [0.29, 0.717) is 9.33 Å². The van der Waals surface area contributed by atoms with Gasteiger partial charge in [0.25, 0.3) is 5.56 Å². The van der Waals surface area contributed by atoms with Crippen LogP contribution in [0, 0.1) is 5.92 Å². The molecule has 0 unspecified atom stereocenters. The molecule has 0 radical (unpaired) electrons. The van der Waals surface area contributed by atoms with Gasteiger partial charge < -0.3 is 5.11 Å². The lowest BCUT2D eigenvalue weighted by Gasteiger charge is -2.41. The lowest BCUT2D eigenvalue weighted by atomic mass is 9.83. The van der Waals surface area contributed by atoms with Crippen LogP contribution in [0.1, 0.15) is 38.2 Å². The van der Waals surface area contributed by atoms with E-state index in [1.165, 1.54) is 11.3 Å². The molecule has 1 saturated carbocycles. The molecule has 3 N–H and O–H groups in total. The minimum Gasteiger partial charge on any atom is -0.508 e. The van der Waals surface area contributed by atoms with Crippen LogP contribution in [0.4, 0.5) is 0 Å². The van der Waals surface area contributed by atoms with Gasteiger partial charge in [0.1, 0.15) is 11.4 Å². The van der Waals surface area contributed by atoms with Crippen LogP contribution in [0.25, 0.3) is 6.08 Å². The van der Waals surface area contributed by atoms with E-state index in [9.17, 15) is 9.90 Å². The van der Waals surface area contributed by atoms with Gasteiger partial charge in [0, 0.05) is 0 Å². The Labute approximate surface area is 143 Å².